The number of rotatable bonds is 2. The molecule has 1 fully saturated rings. The molecule has 0 bridgehead atoms. The number of hydrogen-bond acceptors (Lipinski definition) is 2. The van der Waals surface area contributed by atoms with Gasteiger partial charge in [0.05, 0.1) is 0 Å². The lowest BCUT2D eigenvalue weighted by Gasteiger charge is -2.20. The Labute approximate surface area is 131 Å². The lowest BCUT2D eigenvalue weighted by molar-refractivity contribution is 0.272. The van der Waals surface area contributed by atoms with Crippen LogP contribution in [0.2, 0.25) is 5.02 Å². The van der Waals surface area contributed by atoms with Crippen LogP contribution in [0.4, 0.5) is 4.39 Å². The van der Waals surface area contributed by atoms with Crippen LogP contribution in [0.3, 0.4) is 0 Å². The molecule has 2 nitrogen and oxygen atoms in total. The Balaban J connectivity index is 0.00000162. The van der Waals surface area contributed by atoms with Crippen molar-refractivity contribution in [3.05, 3.63) is 34.6 Å². The zero-order valence-corrected chi connectivity index (χ0v) is 13.0. The molecule has 0 aromatic heterocycles. The fraction of sp³-hybridized carbons (Fsp3) is 0.538. The highest BCUT2D eigenvalue weighted by atomic mass is 35.5. The molecule has 19 heavy (non-hydrogen) atoms. The summed E-state index contributed by atoms with van der Waals surface area (Å²) in [5.41, 5.74) is 6.63. The highest BCUT2D eigenvalue weighted by molar-refractivity contribution is 6.30. The second kappa shape index (κ2) is 8.98. The van der Waals surface area contributed by atoms with Crippen molar-refractivity contribution < 1.29 is 4.39 Å². The Morgan fingerprint density at radius 3 is 2.68 bits per heavy atom. The van der Waals surface area contributed by atoms with Gasteiger partial charge in [0.1, 0.15) is 5.82 Å². The summed E-state index contributed by atoms with van der Waals surface area (Å²) in [7, 11) is 0. The van der Waals surface area contributed by atoms with Crippen molar-refractivity contribution in [3.63, 3.8) is 0 Å². The molecule has 1 atom stereocenters. The second-order valence-corrected chi connectivity index (χ2v) is 5.14. The van der Waals surface area contributed by atoms with Gasteiger partial charge in [-0.2, -0.15) is 0 Å². The summed E-state index contributed by atoms with van der Waals surface area (Å²) < 4.78 is 13.6. The van der Waals surface area contributed by atoms with Gasteiger partial charge >= 0.3 is 0 Å². The molecule has 2 rings (SSSR count). The van der Waals surface area contributed by atoms with Crippen molar-refractivity contribution in [1.29, 1.82) is 0 Å². The number of hydrogen-bond donors (Lipinski definition) is 1. The molecule has 1 unspecified atom stereocenters. The summed E-state index contributed by atoms with van der Waals surface area (Å²) in [6, 6.07) is 5.18. The third kappa shape index (κ3) is 5.84. The molecule has 1 aliphatic heterocycles. The van der Waals surface area contributed by atoms with Crippen LogP contribution in [0, 0.1) is 5.82 Å². The first-order chi connectivity index (χ1) is 8.15. The Kier molecular flexibility index (Phi) is 8.95. The normalized spacial score (nSPS) is 20.1. The number of nitrogens with zero attached hydrogens (tertiary/aromatic N) is 1. The first-order valence-electron chi connectivity index (χ1n) is 6.07. The standard InChI is InChI=1S/C13H18ClFN2.2ClH/c14-11-4-3-10(13(15)8-11)9-17-6-1-2-12(16)5-7-17;;/h3-4,8,12H,1-2,5-7,9,16H2;2*1H. The smallest absolute Gasteiger partial charge is 0.129 e. The summed E-state index contributed by atoms with van der Waals surface area (Å²) >= 11 is 5.73. The van der Waals surface area contributed by atoms with Crippen LogP contribution >= 0.6 is 36.4 Å². The van der Waals surface area contributed by atoms with Gasteiger partial charge in [-0.25, -0.2) is 4.39 Å². The number of benzene rings is 1. The summed E-state index contributed by atoms with van der Waals surface area (Å²) in [4.78, 5) is 2.26. The maximum atomic E-state index is 13.6. The van der Waals surface area contributed by atoms with Gasteiger partial charge in [0.25, 0.3) is 0 Å². The molecule has 0 radical (unpaired) electrons. The SMILES string of the molecule is Cl.Cl.NC1CCCN(Cc2ccc(Cl)cc2F)CC1. The minimum absolute atomic E-state index is 0. The molecular weight excluding hydrogens is 310 g/mol. The molecule has 1 heterocycles. The topological polar surface area (TPSA) is 29.3 Å². The van der Waals surface area contributed by atoms with E-state index in [9.17, 15) is 4.39 Å². The van der Waals surface area contributed by atoms with E-state index in [-0.39, 0.29) is 30.6 Å². The van der Waals surface area contributed by atoms with Crippen molar-refractivity contribution in [3.8, 4) is 0 Å². The maximum absolute atomic E-state index is 13.6. The molecule has 0 saturated carbocycles. The molecule has 1 aromatic carbocycles. The minimum atomic E-state index is -0.217. The molecule has 0 amide bonds. The quantitative estimate of drug-likeness (QED) is 0.897. The van der Waals surface area contributed by atoms with Gasteiger partial charge in [0.15, 0.2) is 0 Å². The van der Waals surface area contributed by atoms with Crippen LogP contribution in [0.5, 0.6) is 0 Å². The molecule has 0 aliphatic carbocycles. The van der Waals surface area contributed by atoms with E-state index >= 15 is 0 Å². The van der Waals surface area contributed by atoms with E-state index in [0.29, 0.717) is 23.2 Å². The lowest BCUT2D eigenvalue weighted by Crippen LogP contribution is -2.26. The third-order valence-electron chi connectivity index (χ3n) is 3.27. The monoisotopic (exact) mass is 328 g/mol. The fourth-order valence-electron chi connectivity index (χ4n) is 2.23. The van der Waals surface area contributed by atoms with Crippen molar-refractivity contribution in [2.75, 3.05) is 13.1 Å². The zero-order valence-electron chi connectivity index (χ0n) is 10.6. The van der Waals surface area contributed by atoms with E-state index in [1.807, 2.05) is 0 Å². The molecule has 2 N–H and O–H groups in total. The van der Waals surface area contributed by atoms with Crippen LogP contribution in [0.15, 0.2) is 18.2 Å². The predicted octanol–water partition coefficient (Wildman–Crippen LogP) is 3.64. The number of likely N-dealkylation sites (tertiary alicyclic amines) is 1. The first kappa shape index (κ1) is 18.9. The average molecular weight is 330 g/mol. The summed E-state index contributed by atoms with van der Waals surface area (Å²) in [5, 5.41) is 0.448. The Hall–Kier alpha value is -0.0600. The maximum Gasteiger partial charge on any atom is 0.129 e. The van der Waals surface area contributed by atoms with Crippen molar-refractivity contribution in [2.24, 2.45) is 5.73 Å². The van der Waals surface area contributed by atoms with Gasteiger partial charge in [-0.15, -0.1) is 24.8 Å². The van der Waals surface area contributed by atoms with Gasteiger partial charge in [0, 0.05) is 23.2 Å². The third-order valence-corrected chi connectivity index (χ3v) is 3.51. The minimum Gasteiger partial charge on any atom is -0.328 e. The van der Waals surface area contributed by atoms with Crippen molar-refractivity contribution >= 4 is 36.4 Å². The van der Waals surface area contributed by atoms with Crippen LogP contribution < -0.4 is 5.73 Å². The van der Waals surface area contributed by atoms with Crippen LogP contribution in [0.25, 0.3) is 0 Å². The first-order valence-corrected chi connectivity index (χ1v) is 6.45. The second-order valence-electron chi connectivity index (χ2n) is 4.70. The van der Waals surface area contributed by atoms with Gasteiger partial charge in [-0.1, -0.05) is 17.7 Å². The number of nitrogens with two attached hydrogens (primary N) is 1. The average Bonchev–Trinajstić information content (AvgIpc) is 2.48. The van der Waals surface area contributed by atoms with E-state index < -0.39 is 0 Å². The highest BCUT2D eigenvalue weighted by Gasteiger charge is 2.15. The zero-order chi connectivity index (χ0) is 12.3. The molecule has 6 heteroatoms. The Bertz CT molecular complexity index is 390. The Morgan fingerprint density at radius 1 is 1.26 bits per heavy atom. The molecular formula is C13H20Cl3FN2. The van der Waals surface area contributed by atoms with E-state index in [4.69, 9.17) is 17.3 Å². The molecule has 1 aliphatic rings. The van der Waals surface area contributed by atoms with E-state index in [2.05, 4.69) is 4.90 Å². The van der Waals surface area contributed by atoms with Gasteiger partial charge in [-0.05, 0) is 44.5 Å². The number of halogens is 4. The van der Waals surface area contributed by atoms with Crippen LogP contribution in [-0.2, 0) is 6.54 Å². The van der Waals surface area contributed by atoms with Gasteiger partial charge in [-0.3, -0.25) is 4.90 Å². The lowest BCUT2D eigenvalue weighted by atomic mass is 10.1. The van der Waals surface area contributed by atoms with Crippen molar-refractivity contribution in [2.45, 2.75) is 31.8 Å². The van der Waals surface area contributed by atoms with E-state index in [1.165, 1.54) is 6.07 Å². The predicted molar refractivity (Wildman–Crippen MR) is 83.0 cm³/mol. The Morgan fingerprint density at radius 2 is 2.00 bits per heavy atom. The van der Waals surface area contributed by atoms with E-state index in [1.54, 1.807) is 12.1 Å². The summed E-state index contributed by atoms with van der Waals surface area (Å²) in [6.45, 7) is 2.59. The molecule has 0 spiro atoms. The fourth-order valence-corrected chi connectivity index (χ4v) is 2.39. The van der Waals surface area contributed by atoms with Crippen LogP contribution in [0.1, 0.15) is 24.8 Å². The van der Waals surface area contributed by atoms with Gasteiger partial charge < -0.3 is 5.73 Å². The molecule has 1 aromatic rings. The highest BCUT2D eigenvalue weighted by Crippen LogP contribution is 2.18. The largest absolute Gasteiger partial charge is 0.328 e. The van der Waals surface area contributed by atoms with E-state index in [0.717, 1.165) is 32.4 Å². The molecule has 1 saturated heterocycles. The van der Waals surface area contributed by atoms with Crippen molar-refractivity contribution in [1.82, 2.24) is 4.90 Å². The van der Waals surface area contributed by atoms with Crippen LogP contribution in [-0.4, -0.2) is 24.0 Å². The summed E-state index contributed by atoms with van der Waals surface area (Å²) in [6.07, 6.45) is 3.16. The molecule has 110 valence electrons. The van der Waals surface area contributed by atoms with Gasteiger partial charge in [0.2, 0.25) is 0 Å². The summed E-state index contributed by atoms with van der Waals surface area (Å²) in [5.74, 6) is -0.217.